The van der Waals surface area contributed by atoms with Gasteiger partial charge in [0.2, 0.25) is 0 Å². The lowest BCUT2D eigenvalue weighted by Crippen LogP contribution is -2.34. The van der Waals surface area contributed by atoms with E-state index in [1.165, 1.54) is 11.3 Å². The molecule has 0 unspecified atom stereocenters. The Hall–Kier alpha value is -2.53. The number of hydrogen-bond acceptors (Lipinski definition) is 3. The van der Waals surface area contributed by atoms with Crippen molar-refractivity contribution in [2.45, 2.75) is 39.2 Å². The Bertz CT molecular complexity index is 777. The molecule has 0 saturated carbocycles. The van der Waals surface area contributed by atoms with E-state index in [9.17, 15) is 5.11 Å². The molecule has 2 aromatic carbocycles. The van der Waals surface area contributed by atoms with Crippen molar-refractivity contribution < 1.29 is 5.11 Å². The van der Waals surface area contributed by atoms with Gasteiger partial charge in [-0.3, -0.25) is 0 Å². The standard InChI is InChI=1S/C23H32N4O/c1-17(2)20-4-3-5-21(14-20)26-23(24)25-15-18-6-8-22(9-7-18)27-12-10-19(16-28)11-13-27/h3-9,14,17,19,28H,10-13,15-16H2,1-2H3,(H3,24,25,26). The van der Waals surface area contributed by atoms with Crippen molar-refractivity contribution >= 4 is 17.3 Å². The van der Waals surface area contributed by atoms with Crippen molar-refractivity contribution in [3.8, 4) is 0 Å². The molecule has 0 bridgehead atoms. The van der Waals surface area contributed by atoms with Gasteiger partial charge < -0.3 is 21.1 Å². The molecule has 1 fully saturated rings. The molecule has 1 saturated heterocycles. The number of guanidine groups is 1. The van der Waals surface area contributed by atoms with Gasteiger partial charge in [0.1, 0.15) is 0 Å². The molecule has 0 atom stereocenters. The third-order valence-corrected chi connectivity index (χ3v) is 5.43. The minimum absolute atomic E-state index is 0.308. The second-order valence-corrected chi connectivity index (χ2v) is 7.89. The van der Waals surface area contributed by atoms with E-state index >= 15 is 0 Å². The molecule has 5 nitrogen and oxygen atoms in total. The van der Waals surface area contributed by atoms with Gasteiger partial charge in [-0.25, -0.2) is 4.99 Å². The highest BCUT2D eigenvalue weighted by Crippen LogP contribution is 2.23. The lowest BCUT2D eigenvalue weighted by atomic mass is 9.97. The Morgan fingerprint density at radius 1 is 1.18 bits per heavy atom. The van der Waals surface area contributed by atoms with E-state index in [-0.39, 0.29) is 0 Å². The monoisotopic (exact) mass is 380 g/mol. The molecule has 1 aliphatic rings. The number of rotatable bonds is 6. The van der Waals surface area contributed by atoms with Crippen LogP contribution in [-0.2, 0) is 6.54 Å². The van der Waals surface area contributed by atoms with Crippen LogP contribution in [0.5, 0.6) is 0 Å². The van der Waals surface area contributed by atoms with Crippen molar-refractivity contribution in [3.63, 3.8) is 0 Å². The predicted octanol–water partition coefficient (Wildman–Crippen LogP) is 3.95. The Balaban J connectivity index is 1.54. The van der Waals surface area contributed by atoms with Gasteiger partial charge in [0.15, 0.2) is 5.96 Å². The van der Waals surface area contributed by atoms with Crippen LogP contribution in [0.1, 0.15) is 43.7 Å². The molecule has 2 aromatic rings. The third kappa shape index (κ3) is 5.49. The average molecular weight is 381 g/mol. The van der Waals surface area contributed by atoms with Gasteiger partial charge in [0.25, 0.3) is 0 Å². The molecule has 4 N–H and O–H groups in total. The fourth-order valence-electron chi connectivity index (χ4n) is 3.53. The van der Waals surface area contributed by atoms with Crippen LogP contribution >= 0.6 is 0 Å². The first-order chi connectivity index (χ1) is 13.5. The minimum Gasteiger partial charge on any atom is -0.396 e. The molecule has 150 valence electrons. The Morgan fingerprint density at radius 3 is 2.54 bits per heavy atom. The smallest absolute Gasteiger partial charge is 0.193 e. The quantitative estimate of drug-likeness (QED) is 0.524. The molecule has 28 heavy (non-hydrogen) atoms. The Kier molecular flexibility index (Phi) is 6.93. The average Bonchev–Trinajstić information content (AvgIpc) is 2.73. The number of nitrogens with one attached hydrogen (secondary N) is 1. The molecule has 0 aromatic heterocycles. The fraction of sp³-hybridized carbons (Fsp3) is 0.435. The van der Waals surface area contributed by atoms with Crippen LogP contribution in [-0.4, -0.2) is 30.8 Å². The van der Waals surface area contributed by atoms with E-state index in [2.05, 4.69) is 65.5 Å². The number of aliphatic hydroxyl groups excluding tert-OH is 1. The molecular weight excluding hydrogens is 348 g/mol. The van der Waals surface area contributed by atoms with Crippen molar-refractivity contribution in [1.82, 2.24) is 0 Å². The number of hydrogen-bond donors (Lipinski definition) is 3. The molecule has 3 rings (SSSR count). The van der Waals surface area contributed by atoms with Gasteiger partial charge >= 0.3 is 0 Å². The van der Waals surface area contributed by atoms with Crippen LogP contribution < -0.4 is 16.0 Å². The zero-order valence-electron chi connectivity index (χ0n) is 16.9. The molecule has 0 amide bonds. The number of piperidine rings is 1. The lowest BCUT2D eigenvalue weighted by molar-refractivity contribution is 0.203. The van der Waals surface area contributed by atoms with Gasteiger partial charge in [-0.2, -0.15) is 0 Å². The van der Waals surface area contributed by atoms with Crippen molar-refractivity contribution in [1.29, 1.82) is 0 Å². The normalized spacial score (nSPS) is 15.9. The Labute approximate surface area is 168 Å². The van der Waals surface area contributed by atoms with E-state index in [0.29, 0.717) is 30.9 Å². The summed E-state index contributed by atoms with van der Waals surface area (Å²) in [6.45, 7) is 7.23. The largest absolute Gasteiger partial charge is 0.396 e. The molecule has 0 spiro atoms. The minimum atomic E-state index is 0.308. The van der Waals surface area contributed by atoms with Crippen LogP contribution in [0, 0.1) is 5.92 Å². The summed E-state index contributed by atoms with van der Waals surface area (Å²) in [7, 11) is 0. The van der Waals surface area contributed by atoms with Gasteiger partial charge in [-0.05, 0) is 60.1 Å². The first kappa shape index (κ1) is 20.2. The highest BCUT2D eigenvalue weighted by atomic mass is 16.3. The topological polar surface area (TPSA) is 73.9 Å². The van der Waals surface area contributed by atoms with Gasteiger partial charge in [-0.15, -0.1) is 0 Å². The summed E-state index contributed by atoms with van der Waals surface area (Å²) in [6.07, 6.45) is 2.12. The molecule has 0 radical (unpaired) electrons. The maximum atomic E-state index is 9.27. The second kappa shape index (κ2) is 9.60. The molecule has 5 heteroatoms. The summed E-state index contributed by atoms with van der Waals surface area (Å²) in [5.74, 6) is 1.37. The summed E-state index contributed by atoms with van der Waals surface area (Å²) >= 11 is 0. The number of benzene rings is 2. The first-order valence-corrected chi connectivity index (χ1v) is 10.2. The fourth-order valence-corrected chi connectivity index (χ4v) is 3.53. The first-order valence-electron chi connectivity index (χ1n) is 10.2. The van der Waals surface area contributed by atoms with Crippen LogP contribution in [0.15, 0.2) is 53.5 Å². The number of aliphatic hydroxyl groups is 1. The number of nitrogens with zero attached hydrogens (tertiary/aromatic N) is 2. The van der Waals surface area contributed by atoms with Crippen molar-refractivity contribution in [3.05, 3.63) is 59.7 Å². The maximum absolute atomic E-state index is 9.27. The summed E-state index contributed by atoms with van der Waals surface area (Å²) in [5, 5.41) is 12.5. The van der Waals surface area contributed by atoms with Crippen molar-refractivity contribution in [2.24, 2.45) is 16.6 Å². The van der Waals surface area contributed by atoms with E-state index in [1.54, 1.807) is 0 Å². The van der Waals surface area contributed by atoms with Gasteiger partial charge in [0.05, 0.1) is 6.54 Å². The Morgan fingerprint density at radius 2 is 1.89 bits per heavy atom. The highest BCUT2D eigenvalue weighted by molar-refractivity contribution is 5.92. The number of anilines is 2. The highest BCUT2D eigenvalue weighted by Gasteiger charge is 2.18. The molecular formula is C23H32N4O. The number of nitrogens with two attached hydrogens (primary N) is 1. The van der Waals surface area contributed by atoms with Gasteiger partial charge in [-0.1, -0.05) is 38.1 Å². The predicted molar refractivity (Wildman–Crippen MR) is 118 cm³/mol. The SMILES string of the molecule is CC(C)c1cccc(NC(N)=NCc2ccc(N3CCC(CO)CC3)cc2)c1. The van der Waals surface area contributed by atoms with E-state index < -0.39 is 0 Å². The van der Waals surface area contributed by atoms with E-state index in [0.717, 1.165) is 37.2 Å². The second-order valence-electron chi connectivity index (χ2n) is 7.89. The van der Waals surface area contributed by atoms with E-state index in [1.807, 2.05) is 12.1 Å². The molecule has 0 aliphatic carbocycles. The third-order valence-electron chi connectivity index (χ3n) is 5.43. The van der Waals surface area contributed by atoms with Gasteiger partial charge in [0, 0.05) is 31.1 Å². The van der Waals surface area contributed by atoms with E-state index in [4.69, 9.17) is 5.73 Å². The maximum Gasteiger partial charge on any atom is 0.193 e. The molecule has 1 heterocycles. The lowest BCUT2D eigenvalue weighted by Gasteiger charge is -2.32. The number of aliphatic imine (C=N–C) groups is 1. The zero-order valence-corrected chi connectivity index (χ0v) is 16.9. The summed E-state index contributed by atoms with van der Waals surface area (Å²) in [4.78, 5) is 6.86. The summed E-state index contributed by atoms with van der Waals surface area (Å²) < 4.78 is 0. The molecule has 1 aliphatic heterocycles. The van der Waals surface area contributed by atoms with Crippen LogP contribution in [0.3, 0.4) is 0 Å². The summed E-state index contributed by atoms with van der Waals surface area (Å²) in [6, 6.07) is 16.8. The zero-order chi connectivity index (χ0) is 19.9. The van der Waals surface area contributed by atoms with Crippen LogP contribution in [0.2, 0.25) is 0 Å². The van der Waals surface area contributed by atoms with Crippen molar-refractivity contribution in [2.75, 3.05) is 29.9 Å². The van der Waals surface area contributed by atoms with Crippen LogP contribution in [0.25, 0.3) is 0 Å². The summed E-state index contributed by atoms with van der Waals surface area (Å²) in [5.41, 5.74) is 10.7. The van der Waals surface area contributed by atoms with Crippen LogP contribution in [0.4, 0.5) is 11.4 Å².